The number of aromatic nitrogens is 2. The van der Waals surface area contributed by atoms with Gasteiger partial charge < -0.3 is 25.8 Å². The Morgan fingerprint density at radius 2 is 2.04 bits per heavy atom. The summed E-state index contributed by atoms with van der Waals surface area (Å²) in [4.78, 5) is 34.9. The van der Waals surface area contributed by atoms with E-state index >= 15 is 0 Å². The van der Waals surface area contributed by atoms with Crippen LogP contribution in [-0.4, -0.2) is 76.3 Å². The maximum atomic E-state index is 12.1. The number of aliphatic hydroxyl groups excluding tert-OH is 3. The zero-order valence-electron chi connectivity index (χ0n) is 14.5. The maximum absolute atomic E-state index is 12.1. The Morgan fingerprint density at radius 3 is 2.64 bits per heavy atom. The van der Waals surface area contributed by atoms with Gasteiger partial charge in [0.15, 0.2) is 6.23 Å². The number of carbonyl (C=O) groups is 1. The van der Waals surface area contributed by atoms with Gasteiger partial charge in [0.05, 0.1) is 13.2 Å². The molecule has 2 heterocycles. The monoisotopic (exact) mass is 424 g/mol. The predicted molar refractivity (Wildman–Crippen MR) is 89.9 cm³/mol. The summed E-state index contributed by atoms with van der Waals surface area (Å²) in [6.07, 6.45) is -5.02. The molecule has 1 fully saturated rings. The van der Waals surface area contributed by atoms with Gasteiger partial charge in [-0.1, -0.05) is 0 Å². The summed E-state index contributed by atoms with van der Waals surface area (Å²) in [7, 11) is -3.44. The van der Waals surface area contributed by atoms with E-state index in [-0.39, 0.29) is 0 Å². The lowest BCUT2D eigenvalue weighted by atomic mass is 10.1. The lowest BCUT2D eigenvalue weighted by Gasteiger charge is -2.17. The predicted octanol–water partition coefficient (Wildman–Crippen LogP) is -5.14. The number of ether oxygens (including phenoxy) is 1. The van der Waals surface area contributed by atoms with E-state index in [1.165, 1.54) is 11.8 Å². The fraction of sp³-hybridized carbons (Fsp3) is 0.615. The molecule has 0 unspecified atom stereocenters. The van der Waals surface area contributed by atoms with Crippen molar-refractivity contribution in [1.82, 2.24) is 13.9 Å². The molecule has 1 aromatic rings. The molecule has 158 valence electrons. The molecule has 0 spiro atoms. The molecule has 1 aromatic heterocycles. The SMILES string of the molecule is Cn1c(=O)ccn([C@@H]2O[C@H](COS(=O)(=O)NC(=O)[C@@H](N)CO)[C@@H](O)[C@H]2O)c1=O. The minimum absolute atomic E-state index is 0.600. The highest BCUT2D eigenvalue weighted by Gasteiger charge is 2.45. The van der Waals surface area contributed by atoms with Crippen molar-refractivity contribution in [3.05, 3.63) is 33.1 Å². The summed E-state index contributed by atoms with van der Waals surface area (Å²) in [6, 6.07) is -0.451. The van der Waals surface area contributed by atoms with Crippen molar-refractivity contribution in [2.75, 3.05) is 13.2 Å². The van der Waals surface area contributed by atoms with Crippen molar-refractivity contribution in [2.24, 2.45) is 12.8 Å². The molecule has 5 atom stereocenters. The molecular formula is C13H20N4O10S. The molecule has 1 aliphatic heterocycles. The van der Waals surface area contributed by atoms with E-state index in [1.807, 2.05) is 0 Å². The first-order valence-electron chi connectivity index (χ1n) is 7.85. The van der Waals surface area contributed by atoms with E-state index in [0.717, 1.165) is 21.4 Å². The fourth-order valence-corrected chi connectivity index (χ4v) is 3.12. The molecule has 2 rings (SSSR count). The van der Waals surface area contributed by atoms with Crippen molar-refractivity contribution in [1.29, 1.82) is 0 Å². The molecule has 0 aliphatic carbocycles. The average molecular weight is 424 g/mol. The van der Waals surface area contributed by atoms with Crippen LogP contribution in [0, 0.1) is 0 Å². The Hall–Kier alpha value is -2.14. The van der Waals surface area contributed by atoms with Crippen LogP contribution in [0.1, 0.15) is 6.23 Å². The van der Waals surface area contributed by atoms with E-state index in [9.17, 15) is 33.0 Å². The van der Waals surface area contributed by atoms with E-state index < -0.39 is 71.3 Å². The normalized spacial score (nSPS) is 26.2. The summed E-state index contributed by atoms with van der Waals surface area (Å²) in [5.74, 6) is -1.22. The number of nitrogens with zero attached hydrogens (tertiary/aromatic N) is 2. The average Bonchev–Trinajstić information content (AvgIpc) is 2.92. The molecule has 1 aliphatic rings. The van der Waals surface area contributed by atoms with Gasteiger partial charge in [0.1, 0.15) is 24.4 Å². The molecule has 1 saturated heterocycles. The number of nitrogens with two attached hydrogens (primary N) is 1. The third-order valence-corrected chi connectivity index (χ3v) is 4.87. The Labute approximate surface area is 158 Å². The first-order valence-corrected chi connectivity index (χ1v) is 9.26. The molecule has 0 aromatic carbocycles. The van der Waals surface area contributed by atoms with Crippen molar-refractivity contribution in [2.45, 2.75) is 30.6 Å². The first kappa shape index (κ1) is 22.2. The molecule has 0 radical (unpaired) electrons. The molecule has 0 saturated carbocycles. The van der Waals surface area contributed by atoms with Gasteiger partial charge in [0, 0.05) is 19.3 Å². The molecule has 14 nitrogen and oxygen atoms in total. The van der Waals surface area contributed by atoms with Crippen LogP contribution in [0.5, 0.6) is 0 Å². The van der Waals surface area contributed by atoms with E-state index in [2.05, 4.69) is 4.18 Å². The molecule has 0 bridgehead atoms. The number of rotatable bonds is 7. The van der Waals surface area contributed by atoms with Crippen molar-refractivity contribution >= 4 is 16.2 Å². The molecule has 28 heavy (non-hydrogen) atoms. The van der Waals surface area contributed by atoms with Gasteiger partial charge in [0.2, 0.25) is 0 Å². The smallest absolute Gasteiger partial charge is 0.362 e. The Balaban J connectivity index is 2.09. The molecule has 6 N–H and O–H groups in total. The van der Waals surface area contributed by atoms with Crippen molar-refractivity contribution in [3.8, 4) is 0 Å². The van der Waals surface area contributed by atoms with E-state index in [0.29, 0.717) is 0 Å². The van der Waals surface area contributed by atoms with Crippen molar-refractivity contribution in [3.63, 3.8) is 0 Å². The molecule has 15 heteroatoms. The van der Waals surface area contributed by atoms with Gasteiger partial charge in [0.25, 0.3) is 11.5 Å². The van der Waals surface area contributed by atoms with Gasteiger partial charge in [-0.25, -0.2) is 9.52 Å². The van der Waals surface area contributed by atoms with Crippen LogP contribution >= 0.6 is 0 Å². The Bertz CT molecular complexity index is 941. The summed E-state index contributed by atoms with van der Waals surface area (Å²) in [5, 5.41) is 28.9. The van der Waals surface area contributed by atoms with Crippen LogP contribution in [-0.2, 0) is 31.1 Å². The maximum Gasteiger partial charge on any atom is 0.362 e. The number of carbonyl (C=O) groups excluding carboxylic acids is 1. The second kappa shape index (κ2) is 8.48. The lowest BCUT2D eigenvalue weighted by molar-refractivity contribution is -0.121. The van der Waals surface area contributed by atoms with E-state index in [1.54, 1.807) is 0 Å². The Morgan fingerprint density at radius 1 is 1.39 bits per heavy atom. The van der Waals surface area contributed by atoms with Crippen LogP contribution in [0.3, 0.4) is 0 Å². The fourth-order valence-electron chi connectivity index (χ4n) is 2.35. The number of amides is 1. The second-order valence-corrected chi connectivity index (χ2v) is 7.29. The number of hydrogen-bond donors (Lipinski definition) is 5. The number of nitrogens with one attached hydrogen (secondary N) is 1. The third-order valence-electron chi connectivity index (χ3n) is 3.97. The van der Waals surface area contributed by atoms with Gasteiger partial charge >= 0.3 is 16.0 Å². The topological polar surface area (TPSA) is 212 Å². The van der Waals surface area contributed by atoms with Gasteiger partial charge in [-0.15, -0.1) is 0 Å². The summed E-state index contributed by atoms with van der Waals surface area (Å²) < 4.78 is 36.3. The van der Waals surface area contributed by atoms with Gasteiger partial charge in [-0.3, -0.25) is 22.9 Å². The first-order chi connectivity index (χ1) is 13.0. The van der Waals surface area contributed by atoms with Crippen molar-refractivity contribution < 1.29 is 37.5 Å². The molecular weight excluding hydrogens is 404 g/mol. The highest BCUT2D eigenvalue weighted by molar-refractivity contribution is 7.85. The van der Waals surface area contributed by atoms with Crippen LogP contribution in [0.15, 0.2) is 21.9 Å². The number of aliphatic hydroxyl groups is 3. The lowest BCUT2D eigenvalue weighted by Crippen LogP contribution is -2.46. The summed E-state index contributed by atoms with van der Waals surface area (Å²) >= 11 is 0. The minimum Gasteiger partial charge on any atom is -0.394 e. The highest BCUT2D eigenvalue weighted by atomic mass is 32.2. The van der Waals surface area contributed by atoms with Crippen LogP contribution in [0.4, 0.5) is 0 Å². The standard InChI is InChI=1S/C13H20N4O10S/c1-16-8(19)2-3-17(13(16)23)12-10(21)9(20)7(27-12)5-26-28(24,25)15-11(22)6(14)4-18/h2-3,6-7,9-10,12,18,20-21H,4-5,14H2,1H3,(H,15,22)/t6-,7+,9+,10+,12+/m0/s1. The third kappa shape index (κ3) is 4.64. The summed E-state index contributed by atoms with van der Waals surface area (Å²) in [6.45, 7) is -1.61. The van der Waals surface area contributed by atoms with E-state index in [4.69, 9.17) is 15.6 Å². The Kier molecular flexibility index (Phi) is 6.71. The summed E-state index contributed by atoms with van der Waals surface area (Å²) in [5.41, 5.74) is 3.74. The quantitative estimate of drug-likeness (QED) is 0.279. The highest BCUT2D eigenvalue weighted by Crippen LogP contribution is 2.28. The minimum atomic E-state index is -4.64. The second-order valence-electron chi connectivity index (χ2n) is 5.94. The zero-order chi connectivity index (χ0) is 21.2. The van der Waals surface area contributed by atoms with Crippen LogP contribution < -0.4 is 21.7 Å². The van der Waals surface area contributed by atoms with Crippen LogP contribution in [0.2, 0.25) is 0 Å². The van der Waals surface area contributed by atoms with Crippen LogP contribution in [0.25, 0.3) is 0 Å². The van der Waals surface area contributed by atoms with Gasteiger partial charge in [-0.05, 0) is 0 Å². The molecule has 1 amide bonds. The van der Waals surface area contributed by atoms with Gasteiger partial charge in [-0.2, -0.15) is 8.42 Å². The largest absolute Gasteiger partial charge is 0.394 e. The number of hydrogen-bond acceptors (Lipinski definition) is 11. The zero-order valence-corrected chi connectivity index (χ0v) is 15.4.